The molecule has 1 saturated heterocycles. The fraction of sp³-hybridized carbons (Fsp3) is 1.00. The van der Waals surface area contributed by atoms with Gasteiger partial charge in [-0.3, -0.25) is 0 Å². The molecule has 1 heterocycles. The van der Waals surface area contributed by atoms with Crippen molar-refractivity contribution in [3.05, 3.63) is 0 Å². The average molecular weight is 219 g/mol. The number of hydrogen-bond donors (Lipinski definition) is 1. The Kier molecular flexibility index (Phi) is 6.33. The Morgan fingerprint density at radius 2 is 2.46 bits per heavy atom. The van der Waals surface area contributed by atoms with E-state index in [2.05, 4.69) is 30.9 Å². The first-order valence-electron chi connectivity index (χ1n) is 5.24. The van der Waals surface area contributed by atoms with Crippen molar-refractivity contribution in [2.45, 2.75) is 38.8 Å². The highest BCUT2D eigenvalue weighted by atomic mass is 32.2. The Labute approximate surface area is 90.8 Å². The summed E-state index contributed by atoms with van der Waals surface area (Å²) in [5.41, 5.74) is 0. The molecule has 0 bridgehead atoms. The monoisotopic (exact) mass is 219 g/mol. The normalized spacial score (nSPS) is 25.8. The number of thioether (sulfide) groups is 2. The summed E-state index contributed by atoms with van der Waals surface area (Å²) in [6.07, 6.45) is 2.78. The second-order valence-electron chi connectivity index (χ2n) is 3.64. The summed E-state index contributed by atoms with van der Waals surface area (Å²) in [6, 6.07) is 1.47. The van der Waals surface area contributed by atoms with Gasteiger partial charge in [-0.25, -0.2) is 0 Å². The van der Waals surface area contributed by atoms with Crippen LogP contribution >= 0.6 is 23.5 Å². The van der Waals surface area contributed by atoms with Crippen molar-refractivity contribution in [2.24, 2.45) is 0 Å². The van der Waals surface area contributed by atoms with Crippen molar-refractivity contribution in [1.29, 1.82) is 0 Å². The van der Waals surface area contributed by atoms with Crippen molar-refractivity contribution in [2.75, 3.05) is 23.0 Å². The Bertz CT molecular complexity index is 124. The van der Waals surface area contributed by atoms with Crippen molar-refractivity contribution < 1.29 is 0 Å². The van der Waals surface area contributed by atoms with Crippen LogP contribution < -0.4 is 5.32 Å². The summed E-state index contributed by atoms with van der Waals surface area (Å²) in [5.74, 6) is 5.19. The zero-order chi connectivity index (χ0) is 9.52. The Balaban J connectivity index is 2.07. The van der Waals surface area contributed by atoms with E-state index in [-0.39, 0.29) is 0 Å². The van der Waals surface area contributed by atoms with Crippen molar-refractivity contribution in [3.63, 3.8) is 0 Å². The van der Waals surface area contributed by atoms with Gasteiger partial charge in [0.25, 0.3) is 0 Å². The maximum atomic E-state index is 3.71. The van der Waals surface area contributed by atoms with Crippen molar-refractivity contribution >= 4 is 23.5 Å². The molecule has 3 heteroatoms. The highest BCUT2D eigenvalue weighted by Gasteiger charge is 2.15. The molecule has 1 rings (SSSR count). The quantitative estimate of drug-likeness (QED) is 0.763. The number of hydrogen-bond acceptors (Lipinski definition) is 3. The summed E-state index contributed by atoms with van der Waals surface area (Å²) in [4.78, 5) is 0. The fourth-order valence-electron chi connectivity index (χ4n) is 1.62. The molecule has 0 aliphatic carbocycles. The van der Waals surface area contributed by atoms with Gasteiger partial charge in [0.2, 0.25) is 0 Å². The van der Waals surface area contributed by atoms with Crippen LogP contribution in [0.25, 0.3) is 0 Å². The molecule has 2 unspecified atom stereocenters. The van der Waals surface area contributed by atoms with Crippen LogP contribution in [0.1, 0.15) is 26.7 Å². The molecule has 1 aliphatic rings. The maximum Gasteiger partial charge on any atom is 0.0161 e. The molecule has 2 atom stereocenters. The van der Waals surface area contributed by atoms with Crippen LogP contribution in [0.15, 0.2) is 0 Å². The first-order valence-corrected chi connectivity index (χ1v) is 7.55. The summed E-state index contributed by atoms with van der Waals surface area (Å²) < 4.78 is 0. The minimum absolute atomic E-state index is 0.689. The van der Waals surface area contributed by atoms with Gasteiger partial charge in [0.05, 0.1) is 0 Å². The van der Waals surface area contributed by atoms with Gasteiger partial charge in [-0.1, -0.05) is 6.92 Å². The Morgan fingerprint density at radius 1 is 1.62 bits per heavy atom. The smallest absolute Gasteiger partial charge is 0.0161 e. The summed E-state index contributed by atoms with van der Waals surface area (Å²) in [5, 5.41) is 3.71. The molecule has 0 aromatic heterocycles. The molecule has 1 nitrogen and oxygen atoms in total. The van der Waals surface area contributed by atoms with E-state index in [1.54, 1.807) is 0 Å². The van der Waals surface area contributed by atoms with E-state index in [4.69, 9.17) is 0 Å². The molecule has 13 heavy (non-hydrogen) atoms. The van der Waals surface area contributed by atoms with Crippen molar-refractivity contribution in [3.8, 4) is 0 Å². The van der Waals surface area contributed by atoms with Crippen LogP contribution in [0.4, 0.5) is 0 Å². The zero-order valence-corrected chi connectivity index (χ0v) is 10.3. The molecule has 0 aromatic rings. The minimum atomic E-state index is 0.689. The van der Waals surface area contributed by atoms with Gasteiger partial charge in [0.1, 0.15) is 0 Å². The highest BCUT2D eigenvalue weighted by Crippen LogP contribution is 2.17. The van der Waals surface area contributed by atoms with E-state index in [1.807, 2.05) is 11.8 Å². The van der Waals surface area contributed by atoms with Gasteiger partial charge < -0.3 is 5.32 Å². The lowest BCUT2D eigenvalue weighted by molar-refractivity contribution is 0.465. The topological polar surface area (TPSA) is 12.0 Å². The molecule has 1 N–H and O–H groups in total. The third-order valence-electron chi connectivity index (χ3n) is 2.25. The summed E-state index contributed by atoms with van der Waals surface area (Å²) in [7, 11) is 0. The van der Waals surface area contributed by atoms with Gasteiger partial charge in [0, 0.05) is 23.6 Å². The van der Waals surface area contributed by atoms with Crippen LogP contribution in [0.5, 0.6) is 0 Å². The predicted octanol–water partition coefficient (Wildman–Crippen LogP) is 2.61. The Morgan fingerprint density at radius 3 is 3.08 bits per heavy atom. The zero-order valence-electron chi connectivity index (χ0n) is 8.71. The standard InChI is InChI=1S/C10H21NS2/c1-3-12-7-9(2)11-10-5-4-6-13-8-10/h9-11H,3-8H2,1-2H3. The average Bonchev–Trinajstić information content (AvgIpc) is 2.16. The maximum absolute atomic E-state index is 3.71. The van der Waals surface area contributed by atoms with Gasteiger partial charge in [-0.05, 0) is 31.3 Å². The molecule has 0 spiro atoms. The van der Waals surface area contributed by atoms with E-state index in [0.29, 0.717) is 6.04 Å². The molecule has 0 amide bonds. The summed E-state index contributed by atoms with van der Waals surface area (Å²) in [6.45, 7) is 4.54. The number of rotatable bonds is 5. The highest BCUT2D eigenvalue weighted by molar-refractivity contribution is 7.99. The molecule has 1 aliphatic heterocycles. The predicted molar refractivity (Wildman–Crippen MR) is 65.9 cm³/mol. The van der Waals surface area contributed by atoms with Gasteiger partial charge >= 0.3 is 0 Å². The third-order valence-corrected chi connectivity index (χ3v) is 4.61. The van der Waals surface area contributed by atoms with E-state index in [9.17, 15) is 0 Å². The first-order chi connectivity index (χ1) is 6.33. The minimum Gasteiger partial charge on any atom is -0.310 e. The largest absolute Gasteiger partial charge is 0.310 e. The van der Waals surface area contributed by atoms with E-state index >= 15 is 0 Å². The molecular formula is C10H21NS2. The molecule has 0 saturated carbocycles. The lowest BCUT2D eigenvalue weighted by Crippen LogP contribution is -2.41. The van der Waals surface area contributed by atoms with Crippen LogP contribution in [0.3, 0.4) is 0 Å². The van der Waals surface area contributed by atoms with Crippen LogP contribution in [0, 0.1) is 0 Å². The lowest BCUT2D eigenvalue weighted by Gasteiger charge is -2.26. The van der Waals surface area contributed by atoms with Gasteiger partial charge in [-0.15, -0.1) is 0 Å². The molecule has 1 fully saturated rings. The van der Waals surface area contributed by atoms with Crippen LogP contribution in [-0.4, -0.2) is 35.1 Å². The number of nitrogens with one attached hydrogen (secondary N) is 1. The molecule has 0 radical (unpaired) electrons. The SMILES string of the molecule is CCSCC(C)NC1CCCSC1. The first kappa shape index (κ1) is 11.7. The van der Waals surface area contributed by atoms with E-state index in [1.165, 1.54) is 35.9 Å². The summed E-state index contributed by atoms with van der Waals surface area (Å²) >= 11 is 4.14. The van der Waals surface area contributed by atoms with Gasteiger partial charge in [-0.2, -0.15) is 23.5 Å². The second-order valence-corrected chi connectivity index (χ2v) is 6.11. The van der Waals surface area contributed by atoms with Crippen molar-refractivity contribution in [1.82, 2.24) is 5.32 Å². The second kappa shape index (κ2) is 7.02. The lowest BCUT2D eigenvalue weighted by atomic mass is 10.1. The molecule has 78 valence electrons. The molecular weight excluding hydrogens is 198 g/mol. The van der Waals surface area contributed by atoms with E-state index < -0.39 is 0 Å². The van der Waals surface area contributed by atoms with Crippen LogP contribution in [0.2, 0.25) is 0 Å². The Hall–Kier alpha value is 0.660. The molecule has 0 aromatic carbocycles. The van der Waals surface area contributed by atoms with Crippen LogP contribution in [-0.2, 0) is 0 Å². The fourth-order valence-corrected chi connectivity index (χ4v) is 3.39. The van der Waals surface area contributed by atoms with Gasteiger partial charge in [0.15, 0.2) is 0 Å². The van der Waals surface area contributed by atoms with E-state index in [0.717, 1.165) is 6.04 Å². The third kappa shape index (κ3) is 5.18.